The molecule has 1 heterocycles. The minimum absolute atomic E-state index is 0.0613. The van der Waals surface area contributed by atoms with Crippen LogP contribution in [0.2, 0.25) is 18.1 Å². The summed E-state index contributed by atoms with van der Waals surface area (Å²) in [7, 11) is -1.89. The Morgan fingerprint density at radius 2 is 2.08 bits per heavy atom. The molecule has 0 amide bonds. The van der Waals surface area contributed by atoms with Crippen LogP contribution in [0.4, 0.5) is 0 Å². The summed E-state index contributed by atoms with van der Waals surface area (Å²) in [5.74, 6) is 1.65. The van der Waals surface area contributed by atoms with Gasteiger partial charge in [-0.25, -0.2) is 4.98 Å². The van der Waals surface area contributed by atoms with Gasteiger partial charge in [-0.15, -0.1) is 0 Å². The molecule has 0 N–H and O–H groups in total. The van der Waals surface area contributed by atoms with Crippen molar-refractivity contribution < 1.29 is 14.0 Å². The molecular weight excluding hydrogens is 500 g/mol. The summed E-state index contributed by atoms with van der Waals surface area (Å²) < 4.78 is 14.8. The van der Waals surface area contributed by atoms with Gasteiger partial charge in [-0.05, 0) is 86.2 Å². The van der Waals surface area contributed by atoms with Crippen LogP contribution < -0.4 is 0 Å². The summed E-state index contributed by atoms with van der Waals surface area (Å²) in [6.45, 7) is 22.9. The van der Waals surface area contributed by atoms with Crippen molar-refractivity contribution in [3.8, 4) is 0 Å². The highest BCUT2D eigenvalue weighted by atomic mass is 28.4. The van der Waals surface area contributed by atoms with Crippen molar-refractivity contribution >= 4 is 20.5 Å². The molecule has 220 valence electrons. The van der Waals surface area contributed by atoms with E-state index in [-0.39, 0.29) is 28.4 Å². The van der Waals surface area contributed by atoms with E-state index in [1.54, 1.807) is 6.92 Å². The first kappa shape index (κ1) is 31.9. The van der Waals surface area contributed by atoms with Gasteiger partial charge in [-0.1, -0.05) is 65.7 Å². The van der Waals surface area contributed by atoms with Gasteiger partial charge in [0.2, 0.25) is 0 Å². The number of ether oxygens (including phenoxy) is 1. The van der Waals surface area contributed by atoms with Gasteiger partial charge in [-0.3, -0.25) is 4.79 Å². The maximum atomic E-state index is 12.0. The molecule has 39 heavy (non-hydrogen) atoms. The molecule has 2 fully saturated rings. The van der Waals surface area contributed by atoms with Gasteiger partial charge >= 0.3 is 5.97 Å². The molecule has 4 unspecified atom stereocenters. The average molecular weight is 557 g/mol. The first-order chi connectivity index (χ1) is 18.3. The van der Waals surface area contributed by atoms with Crippen LogP contribution in [0, 0.1) is 29.1 Å². The Morgan fingerprint density at radius 3 is 2.64 bits per heavy atom. The summed E-state index contributed by atoms with van der Waals surface area (Å²) >= 11 is 0. The molecule has 0 radical (unpaired) electrons. The summed E-state index contributed by atoms with van der Waals surface area (Å²) in [6, 6.07) is 0. The third kappa shape index (κ3) is 8.19. The van der Waals surface area contributed by atoms with E-state index in [0.717, 1.165) is 32.1 Å². The predicted molar refractivity (Wildman–Crippen MR) is 165 cm³/mol. The van der Waals surface area contributed by atoms with Crippen molar-refractivity contribution in [2.45, 2.75) is 124 Å². The summed E-state index contributed by atoms with van der Waals surface area (Å²) in [5, 5.41) is 0.177. The first-order valence-corrected chi connectivity index (χ1v) is 18.3. The number of allylic oxidation sites excluding steroid dienone is 2. The van der Waals surface area contributed by atoms with Gasteiger partial charge in [0.25, 0.3) is 0 Å². The largest absolute Gasteiger partial charge is 0.466 e. The lowest BCUT2D eigenvalue weighted by Gasteiger charge is -2.53. The number of carbonyl (C=O) groups excluding carboxylic acids is 1. The zero-order valence-corrected chi connectivity index (χ0v) is 27.2. The molecule has 1 aromatic rings. The SMILES string of the molecule is C=C1CCC(C(/C=C/n2ccnc2)C(CCCC)[C@@]2(C)CCC(O[Si](C)(C)C(C)(C)C)C[C@@H]2COC(C)=O)C1. The lowest BCUT2D eigenvalue weighted by molar-refractivity contribution is -0.147. The van der Waals surface area contributed by atoms with E-state index in [1.807, 2.05) is 18.7 Å². The molecule has 0 spiro atoms. The maximum absolute atomic E-state index is 12.0. The maximum Gasteiger partial charge on any atom is 0.302 e. The van der Waals surface area contributed by atoms with Crippen LogP contribution in [0.25, 0.3) is 6.20 Å². The van der Waals surface area contributed by atoms with Crippen molar-refractivity contribution in [1.29, 1.82) is 0 Å². The van der Waals surface area contributed by atoms with E-state index in [0.29, 0.717) is 24.4 Å². The predicted octanol–water partition coefficient (Wildman–Crippen LogP) is 8.89. The quantitative estimate of drug-likeness (QED) is 0.146. The Hall–Kier alpha value is -1.66. The van der Waals surface area contributed by atoms with Crippen LogP contribution in [-0.4, -0.2) is 36.5 Å². The Balaban J connectivity index is 1.97. The molecule has 2 aliphatic carbocycles. The molecule has 0 saturated heterocycles. The number of unbranched alkanes of at least 4 members (excludes halogenated alkanes) is 1. The number of nitrogens with zero attached hydrogens (tertiary/aromatic N) is 2. The smallest absolute Gasteiger partial charge is 0.302 e. The molecular formula is C33H56N2O3Si. The van der Waals surface area contributed by atoms with Crippen molar-refractivity contribution in [3.05, 3.63) is 36.9 Å². The Bertz CT molecular complexity index is 964. The number of aromatic nitrogens is 2. The third-order valence-corrected chi connectivity index (χ3v) is 14.9. The number of rotatable bonds is 12. The standard InChI is InChI=1S/C33H56N2O3Si/c1-10-11-12-31(30(27-14-13-25(2)21-27)16-19-35-20-18-34-24-35)33(7)17-15-29(22-28(33)23-37-26(3)36)38-39(8,9)32(4,5)6/h16,18-20,24,27-31H,2,10-15,17,21-23H2,1,3-9H3/b19-16+/t27?,28-,29?,30?,31?,33+/m1/s1. The van der Waals surface area contributed by atoms with Gasteiger partial charge in [0, 0.05) is 37.5 Å². The van der Waals surface area contributed by atoms with Crippen molar-refractivity contribution in [2.24, 2.45) is 29.1 Å². The van der Waals surface area contributed by atoms with E-state index < -0.39 is 8.32 Å². The minimum atomic E-state index is -1.89. The van der Waals surface area contributed by atoms with E-state index >= 15 is 0 Å². The van der Waals surface area contributed by atoms with Crippen molar-refractivity contribution in [3.63, 3.8) is 0 Å². The first-order valence-electron chi connectivity index (χ1n) is 15.4. The summed E-state index contributed by atoms with van der Waals surface area (Å²) in [4.78, 5) is 16.3. The van der Waals surface area contributed by atoms with Gasteiger partial charge < -0.3 is 13.7 Å². The molecule has 3 rings (SSSR count). The van der Waals surface area contributed by atoms with Crippen LogP contribution >= 0.6 is 0 Å². The van der Waals surface area contributed by atoms with Gasteiger partial charge in [0.15, 0.2) is 8.32 Å². The van der Waals surface area contributed by atoms with E-state index in [1.165, 1.54) is 31.3 Å². The fourth-order valence-electron chi connectivity index (χ4n) is 6.90. The second kappa shape index (κ2) is 13.3. The van der Waals surface area contributed by atoms with Crippen LogP contribution in [0.1, 0.15) is 99.3 Å². The molecule has 5 nitrogen and oxygen atoms in total. The molecule has 6 atom stereocenters. The monoisotopic (exact) mass is 556 g/mol. The highest BCUT2D eigenvalue weighted by molar-refractivity contribution is 6.74. The fraction of sp³-hybridized carbons (Fsp3) is 0.758. The highest BCUT2D eigenvalue weighted by Crippen LogP contribution is 2.55. The normalized spacial score (nSPS) is 28.1. The fourth-order valence-corrected chi connectivity index (χ4v) is 8.30. The van der Waals surface area contributed by atoms with Gasteiger partial charge in [0.1, 0.15) is 0 Å². The third-order valence-electron chi connectivity index (χ3n) is 10.4. The van der Waals surface area contributed by atoms with Crippen molar-refractivity contribution in [1.82, 2.24) is 9.55 Å². The molecule has 2 saturated carbocycles. The number of esters is 1. The second-order valence-corrected chi connectivity index (χ2v) is 19.0. The number of hydrogen-bond acceptors (Lipinski definition) is 4. The molecule has 2 aliphatic rings. The van der Waals surface area contributed by atoms with Crippen LogP contribution in [0.5, 0.6) is 0 Å². The number of imidazole rings is 1. The zero-order chi connectivity index (χ0) is 28.8. The Morgan fingerprint density at radius 1 is 1.33 bits per heavy atom. The van der Waals surface area contributed by atoms with E-state index in [2.05, 4.69) is 76.1 Å². The van der Waals surface area contributed by atoms with Gasteiger partial charge in [-0.2, -0.15) is 0 Å². The summed E-state index contributed by atoms with van der Waals surface area (Å²) in [6.07, 6.45) is 20.9. The average Bonchev–Trinajstić information content (AvgIpc) is 3.52. The molecule has 1 aromatic heterocycles. The van der Waals surface area contributed by atoms with Gasteiger partial charge in [0.05, 0.1) is 12.9 Å². The van der Waals surface area contributed by atoms with Crippen LogP contribution in [-0.2, 0) is 14.0 Å². The second-order valence-electron chi connectivity index (χ2n) is 14.2. The molecule has 0 aliphatic heterocycles. The number of carbonyl (C=O) groups is 1. The summed E-state index contributed by atoms with van der Waals surface area (Å²) in [5.41, 5.74) is 1.45. The molecule has 6 heteroatoms. The van der Waals surface area contributed by atoms with E-state index in [9.17, 15) is 4.79 Å². The highest BCUT2D eigenvalue weighted by Gasteiger charge is 2.50. The zero-order valence-electron chi connectivity index (χ0n) is 26.2. The van der Waals surface area contributed by atoms with Crippen molar-refractivity contribution in [2.75, 3.05) is 6.61 Å². The molecule has 0 aromatic carbocycles. The minimum Gasteiger partial charge on any atom is -0.466 e. The van der Waals surface area contributed by atoms with E-state index in [4.69, 9.17) is 9.16 Å². The molecule has 0 bridgehead atoms. The lowest BCUT2D eigenvalue weighted by atomic mass is 9.54. The topological polar surface area (TPSA) is 53.4 Å². The van der Waals surface area contributed by atoms with Crippen LogP contribution in [0.3, 0.4) is 0 Å². The lowest BCUT2D eigenvalue weighted by Crippen LogP contribution is -2.51. The Labute approximate surface area is 240 Å². The van der Waals surface area contributed by atoms with Crippen LogP contribution in [0.15, 0.2) is 36.9 Å². The Kier molecular flexibility index (Phi) is 10.9. The number of hydrogen-bond donors (Lipinski definition) is 0.